The van der Waals surface area contributed by atoms with Crippen LogP contribution in [0.15, 0.2) is 89.6 Å². The SMILES string of the molecule is C(#Cc1ccccc1)/C=C(\S[CH-]c1ccco1)c1ccccc1.[K+]. The number of rotatable bonds is 4. The van der Waals surface area contributed by atoms with Crippen LogP contribution in [0.1, 0.15) is 16.9 Å². The van der Waals surface area contributed by atoms with E-state index in [0.29, 0.717) is 0 Å². The molecule has 3 aromatic rings. The second kappa shape index (κ2) is 10.7. The molecule has 3 heteroatoms. The summed E-state index contributed by atoms with van der Waals surface area (Å²) in [7, 11) is 0. The van der Waals surface area contributed by atoms with Gasteiger partial charge in [-0.1, -0.05) is 60.4 Å². The molecule has 24 heavy (non-hydrogen) atoms. The van der Waals surface area contributed by atoms with Gasteiger partial charge in [-0.05, 0) is 23.5 Å². The standard InChI is InChI=1S/C21H15OS.K/c1-3-9-18(10-4-1)11-7-15-21(19-12-5-2-6-13-19)23-17-20-14-8-16-22-20;/h1-6,8-10,12-17H;/q-1;+1/b21-15-;. The summed E-state index contributed by atoms with van der Waals surface area (Å²) >= 11 is 1.61. The van der Waals surface area contributed by atoms with E-state index < -0.39 is 0 Å². The van der Waals surface area contributed by atoms with Crippen molar-refractivity contribution in [2.75, 3.05) is 0 Å². The molecule has 1 aromatic heterocycles. The van der Waals surface area contributed by atoms with Crippen LogP contribution in [0.5, 0.6) is 0 Å². The molecule has 0 aliphatic heterocycles. The Morgan fingerprint density at radius 3 is 2.29 bits per heavy atom. The molecule has 112 valence electrons. The van der Waals surface area contributed by atoms with E-state index in [4.69, 9.17) is 4.42 Å². The Kier molecular flexibility index (Phi) is 8.55. The number of thioether (sulfide) groups is 1. The number of hydrogen-bond acceptors (Lipinski definition) is 2. The van der Waals surface area contributed by atoms with Gasteiger partial charge in [-0.3, -0.25) is 0 Å². The molecule has 1 heterocycles. The summed E-state index contributed by atoms with van der Waals surface area (Å²) in [4.78, 5) is 1.09. The van der Waals surface area contributed by atoms with Gasteiger partial charge in [0.05, 0.1) is 6.26 Å². The third-order valence-electron chi connectivity index (χ3n) is 3.10. The first kappa shape index (κ1) is 19.2. The first-order valence-electron chi connectivity index (χ1n) is 7.27. The smallest absolute Gasteiger partial charge is 0.503 e. The van der Waals surface area contributed by atoms with Gasteiger partial charge in [0.15, 0.2) is 0 Å². The van der Waals surface area contributed by atoms with Crippen LogP contribution in [0.4, 0.5) is 0 Å². The van der Waals surface area contributed by atoms with Crippen molar-refractivity contribution in [3.8, 4) is 11.8 Å². The molecule has 0 spiro atoms. The molecule has 0 amide bonds. The molecular formula is C21H15KOS. The van der Waals surface area contributed by atoms with E-state index in [2.05, 4.69) is 24.0 Å². The molecule has 0 unspecified atom stereocenters. The van der Waals surface area contributed by atoms with Crippen molar-refractivity contribution in [3.05, 3.63) is 108 Å². The Bertz CT molecular complexity index is 813. The first-order chi connectivity index (χ1) is 11.4. The fourth-order valence-corrected chi connectivity index (χ4v) is 2.75. The van der Waals surface area contributed by atoms with E-state index in [0.717, 1.165) is 21.8 Å². The zero-order valence-corrected chi connectivity index (χ0v) is 17.4. The zero-order valence-electron chi connectivity index (χ0n) is 13.5. The predicted molar refractivity (Wildman–Crippen MR) is 97.4 cm³/mol. The molecule has 1 nitrogen and oxygen atoms in total. The maximum absolute atomic E-state index is 5.35. The van der Waals surface area contributed by atoms with Crippen molar-refractivity contribution in [1.29, 1.82) is 0 Å². The predicted octanol–water partition coefficient (Wildman–Crippen LogP) is 2.62. The van der Waals surface area contributed by atoms with Crippen LogP contribution in [-0.4, -0.2) is 0 Å². The molecule has 2 aromatic carbocycles. The van der Waals surface area contributed by atoms with E-state index in [1.807, 2.05) is 72.5 Å². The van der Waals surface area contributed by atoms with Crippen LogP contribution in [0.3, 0.4) is 0 Å². The Labute approximate surface area is 190 Å². The molecular weight excluding hydrogens is 339 g/mol. The van der Waals surface area contributed by atoms with Gasteiger partial charge in [0.1, 0.15) is 0 Å². The second-order valence-corrected chi connectivity index (χ2v) is 5.67. The van der Waals surface area contributed by atoms with Gasteiger partial charge in [0.2, 0.25) is 0 Å². The first-order valence-corrected chi connectivity index (χ1v) is 8.15. The summed E-state index contributed by atoms with van der Waals surface area (Å²) in [6.07, 6.45) is 3.62. The molecule has 3 rings (SSSR count). The van der Waals surface area contributed by atoms with Crippen molar-refractivity contribution in [2.45, 2.75) is 0 Å². The van der Waals surface area contributed by atoms with Gasteiger partial charge >= 0.3 is 51.4 Å². The van der Waals surface area contributed by atoms with Crippen molar-refractivity contribution in [3.63, 3.8) is 0 Å². The van der Waals surface area contributed by atoms with Crippen LogP contribution in [0.25, 0.3) is 4.91 Å². The third kappa shape index (κ3) is 6.07. The van der Waals surface area contributed by atoms with E-state index >= 15 is 0 Å². The van der Waals surface area contributed by atoms with Gasteiger partial charge in [-0.25, -0.2) is 0 Å². The number of hydrogen-bond donors (Lipinski definition) is 0. The normalized spacial score (nSPS) is 10.2. The molecule has 0 aliphatic carbocycles. The summed E-state index contributed by atoms with van der Waals surface area (Å²) in [6.45, 7) is 0. The monoisotopic (exact) mass is 354 g/mol. The number of furan rings is 1. The summed E-state index contributed by atoms with van der Waals surface area (Å²) in [5.74, 6) is 9.14. The molecule has 0 atom stereocenters. The minimum Gasteiger partial charge on any atom is -0.503 e. The minimum absolute atomic E-state index is 0. The average Bonchev–Trinajstić information content (AvgIpc) is 3.13. The minimum atomic E-state index is 0. The summed E-state index contributed by atoms with van der Waals surface area (Å²) in [5, 5.41) is 0. The molecule has 0 saturated carbocycles. The molecule has 0 N–H and O–H groups in total. The van der Waals surface area contributed by atoms with Gasteiger partial charge < -0.3 is 4.42 Å². The largest absolute Gasteiger partial charge is 1.00 e. The number of allylic oxidation sites excluding steroid dienone is 1. The fourth-order valence-electron chi connectivity index (χ4n) is 1.97. The molecule has 0 fully saturated rings. The van der Waals surface area contributed by atoms with Crippen molar-refractivity contribution in [1.82, 2.24) is 0 Å². The Hall–Kier alpha value is -1.12. The van der Waals surface area contributed by atoms with E-state index in [1.54, 1.807) is 18.0 Å². The molecule has 0 saturated heterocycles. The average molecular weight is 355 g/mol. The van der Waals surface area contributed by atoms with E-state index in [1.165, 1.54) is 0 Å². The van der Waals surface area contributed by atoms with Crippen molar-refractivity contribution < 1.29 is 55.8 Å². The van der Waals surface area contributed by atoms with Crippen LogP contribution < -0.4 is 51.4 Å². The Balaban J connectivity index is 0.00000208. The van der Waals surface area contributed by atoms with Crippen LogP contribution in [-0.2, 0) is 0 Å². The maximum atomic E-state index is 5.35. The number of benzene rings is 2. The van der Waals surface area contributed by atoms with Gasteiger partial charge in [0.25, 0.3) is 0 Å². The van der Waals surface area contributed by atoms with Gasteiger partial charge in [-0.15, -0.1) is 11.8 Å². The van der Waals surface area contributed by atoms with Gasteiger partial charge in [-0.2, -0.15) is 17.8 Å². The van der Waals surface area contributed by atoms with E-state index in [9.17, 15) is 0 Å². The maximum Gasteiger partial charge on any atom is 1.00 e. The topological polar surface area (TPSA) is 13.1 Å². The molecule has 0 aliphatic rings. The summed E-state index contributed by atoms with van der Waals surface area (Å²) in [6, 6.07) is 24.0. The fraction of sp³-hybridized carbons (Fsp3) is 0. The third-order valence-corrected chi connectivity index (χ3v) is 4.05. The quantitative estimate of drug-likeness (QED) is 0.406. The Morgan fingerprint density at radius 2 is 1.62 bits per heavy atom. The van der Waals surface area contributed by atoms with Crippen molar-refractivity contribution in [2.24, 2.45) is 0 Å². The van der Waals surface area contributed by atoms with Crippen LogP contribution in [0, 0.1) is 17.6 Å². The Morgan fingerprint density at radius 1 is 0.917 bits per heavy atom. The van der Waals surface area contributed by atoms with Crippen LogP contribution >= 0.6 is 11.8 Å². The van der Waals surface area contributed by atoms with Crippen molar-refractivity contribution >= 4 is 16.7 Å². The molecule has 0 radical (unpaired) electrons. The molecule has 0 bridgehead atoms. The summed E-state index contributed by atoms with van der Waals surface area (Å²) in [5.41, 5.74) is 2.15. The van der Waals surface area contributed by atoms with Gasteiger partial charge in [0, 0.05) is 16.5 Å². The summed E-state index contributed by atoms with van der Waals surface area (Å²) < 4.78 is 5.35. The zero-order chi connectivity index (χ0) is 15.7. The second-order valence-electron chi connectivity index (χ2n) is 4.76. The van der Waals surface area contributed by atoms with E-state index in [-0.39, 0.29) is 51.4 Å². The van der Waals surface area contributed by atoms with Crippen LogP contribution in [0.2, 0.25) is 0 Å².